The fourth-order valence-corrected chi connectivity index (χ4v) is 2.98. The molecule has 6 nitrogen and oxygen atoms in total. The smallest absolute Gasteiger partial charge is 0.257 e. The van der Waals surface area contributed by atoms with E-state index in [1.807, 2.05) is 27.7 Å². The topological polar surface area (TPSA) is 84.5 Å². The van der Waals surface area contributed by atoms with Crippen molar-refractivity contribution < 1.29 is 17.9 Å². The molecule has 130 valence electrons. The third kappa shape index (κ3) is 7.00. The first-order valence-electron chi connectivity index (χ1n) is 7.76. The molecule has 0 aliphatic rings. The van der Waals surface area contributed by atoms with Crippen LogP contribution in [0.1, 0.15) is 34.1 Å². The average Bonchev–Trinajstić information content (AvgIpc) is 2.50. The minimum atomic E-state index is -3.52. The summed E-state index contributed by atoms with van der Waals surface area (Å²) in [6, 6.07) is 5.89. The second-order valence-corrected chi connectivity index (χ2v) is 7.60. The van der Waals surface area contributed by atoms with Crippen LogP contribution < -0.4 is 14.8 Å². The third-order valence-electron chi connectivity index (χ3n) is 3.18. The molecule has 1 aromatic rings. The largest absolute Gasteiger partial charge is 0.484 e. The van der Waals surface area contributed by atoms with Crippen molar-refractivity contribution in [1.29, 1.82) is 0 Å². The third-order valence-corrected chi connectivity index (χ3v) is 4.79. The lowest BCUT2D eigenvalue weighted by atomic mass is 10.2. The van der Waals surface area contributed by atoms with E-state index in [2.05, 4.69) is 10.0 Å². The summed E-state index contributed by atoms with van der Waals surface area (Å²) in [6.45, 7) is 8.24. The second kappa shape index (κ2) is 8.88. The molecule has 0 unspecified atom stereocenters. The van der Waals surface area contributed by atoms with Crippen molar-refractivity contribution >= 4 is 15.9 Å². The lowest BCUT2D eigenvalue weighted by Gasteiger charge is -2.13. The number of hydrogen-bond donors (Lipinski definition) is 2. The number of ether oxygens (including phenoxy) is 1. The molecule has 1 rings (SSSR count). The Morgan fingerprint density at radius 3 is 2.30 bits per heavy atom. The first kappa shape index (κ1) is 19.4. The maximum Gasteiger partial charge on any atom is 0.257 e. The van der Waals surface area contributed by atoms with Crippen molar-refractivity contribution in [3.8, 4) is 5.75 Å². The van der Waals surface area contributed by atoms with Gasteiger partial charge in [-0.1, -0.05) is 20.8 Å². The number of amides is 1. The number of benzene rings is 1. The van der Waals surface area contributed by atoms with E-state index in [-0.39, 0.29) is 23.5 Å². The van der Waals surface area contributed by atoms with Gasteiger partial charge in [0, 0.05) is 12.6 Å². The van der Waals surface area contributed by atoms with Gasteiger partial charge in [0.1, 0.15) is 5.75 Å². The molecule has 0 aromatic heterocycles. The molecule has 1 atom stereocenters. The normalized spacial score (nSPS) is 12.9. The molecule has 0 aliphatic heterocycles. The molecule has 0 fully saturated rings. The molecule has 0 spiro atoms. The molecule has 1 amide bonds. The second-order valence-electron chi connectivity index (χ2n) is 5.89. The molecule has 0 saturated carbocycles. The molecule has 7 heteroatoms. The van der Waals surface area contributed by atoms with Gasteiger partial charge in [-0.15, -0.1) is 0 Å². The maximum absolute atomic E-state index is 12.1. The molecule has 23 heavy (non-hydrogen) atoms. The molecule has 0 radical (unpaired) electrons. The minimum Gasteiger partial charge on any atom is -0.484 e. The zero-order valence-corrected chi connectivity index (χ0v) is 14.9. The van der Waals surface area contributed by atoms with Gasteiger partial charge in [0.2, 0.25) is 10.0 Å². The molecule has 2 N–H and O–H groups in total. The fourth-order valence-electron chi connectivity index (χ4n) is 1.65. The Labute approximate surface area is 138 Å². The summed E-state index contributed by atoms with van der Waals surface area (Å²) in [6.07, 6.45) is 0.714. The summed E-state index contributed by atoms with van der Waals surface area (Å²) >= 11 is 0. The first-order valence-corrected chi connectivity index (χ1v) is 9.24. The Hall–Kier alpha value is -1.60. The Morgan fingerprint density at radius 1 is 1.17 bits per heavy atom. The van der Waals surface area contributed by atoms with E-state index in [4.69, 9.17) is 4.74 Å². The number of carbonyl (C=O) groups is 1. The van der Waals surface area contributed by atoms with Crippen molar-refractivity contribution in [2.45, 2.75) is 45.1 Å². The van der Waals surface area contributed by atoms with Gasteiger partial charge in [0.25, 0.3) is 5.91 Å². The van der Waals surface area contributed by atoms with E-state index >= 15 is 0 Å². The van der Waals surface area contributed by atoms with Crippen molar-refractivity contribution in [2.75, 3.05) is 13.2 Å². The quantitative estimate of drug-likeness (QED) is 0.718. The van der Waals surface area contributed by atoms with Gasteiger partial charge in [-0.3, -0.25) is 4.79 Å². The molecule has 1 aromatic carbocycles. The highest BCUT2D eigenvalue weighted by molar-refractivity contribution is 7.89. The number of carbonyl (C=O) groups excluding carboxylic acids is 1. The monoisotopic (exact) mass is 342 g/mol. The zero-order chi connectivity index (χ0) is 17.5. The first-order chi connectivity index (χ1) is 10.7. The van der Waals surface area contributed by atoms with Crippen LogP contribution in [0.3, 0.4) is 0 Å². The van der Waals surface area contributed by atoms with E-state index < -0.39 is 10.0 Å². The molecular formula is C16H26N2O4S. The van der Waals surface area contributed by atoms with Crippen LogP contribution >= 0.6 is 0 Å². The Balaban J connectivity index is 2.58. The standard InChI is InChI=1S/C16H26N2O4S/c1-5-13(4)18-23(20,21)15-8-6-14(7-9-15)22-11-16(19)17-10-12(2)3/h6-9,12-13,18H,5,10-11H2,1-4H3,(H,17,19)/t13-/m0/s1. The molecule has 0 heterocycles. The van der Waals surface area contributed by atoms with Gasteiger partial charge in [-0.25, -0.2) is 13.1 Å². The predicted molar refractivity (Wildman–Crippen MR) is 89.9 cm³/mol. The van der Waals surface area contributed by atoms with Crippen LogP contribution in [0.15, 0.2) is 29.2 Å². The SMILES string of the molecule is CC[C@H](C)NS(=O)(=O)c1ccc(OCC(=O)NCC(C)C)cc1. The number of sulfonamides is 1. The van der Waals surface area contributed by atoms with Crippen LogP contribution in [0.25, 0.3) is 0 Å². The number of nitrogens with one attached hydrogen (secondary N) is 2. The molecule has 0 saturated heterocycles. The van der Waals surface area contributed by atoms with Crippen LogP contribution in [-0.2, 0) is 14.8 Å². The summed E-state index contributed by atoms with van der Waals surface area (Å²) in [5, 5.41) is 2.75. The van der Waals surface area contributed by atoms with Gasteiger partial charge in [0.15, 0.2) is 6.61 Å². The Bertz CT molecular complexity index is 597. The predicted octanol–water partition coefficient (Wildman–Crippen LogP) is 1.91. The van der Waals surface area contributed by atoms with E-state index in [0.29, 0.717) is 24.6 Å². The summed E-state index contributed by atoms with van der Waals surface area (Å²) < 4.78 is 32.2. The van der Waals surface area contributed by atoms with Crippen molar-refractivity contribution in [3.63, 3.8) is 0 Å². The molecular weight excluding hydrogens is 316 g/mol. The van der Waals surface area contributed by atoms with Crippen LogP contribution in [0.2, 0.25) is 0 Å². The van der Waals surface area contributed by atoms with Crippen LogP contribution in [0.5, 0.6) is 5.75 Å². The van der Waals surface area contributed by atoms with Gasteiger partial charge >= 0.3 is 0 Å². The van der Waals surface area contributed by atoms with E-state index in [1.54, 1.807) is 12.1 Å². The Kier molecular flexibility index (Phi) is 7.51. The number of hydrogen-bond acceptors (Lipinski definition) is 4. The van der Waals surface area contributed by atoms with Crippen LogP contribution in [0.4, 0.5) is 0 Å². The van der Waals surface area contributed by atoms with E-state index in [9.17, 15) is 13.2 Å². The van der Waals surface area contributed by atoms with Crippen LogP contribution in [0, 0.1) is 5.92 Å². The minimum absolute atomic E-state index is 0.0933. The molecule has 0 bridgehead atoms. The zero-order valence-electron chi connectivity index (χ0n) is 14.1. The van der Waals surface area contributed by atoms with Gasteiger partial charge in [-0.2, -0.15) is 0 Å². The van der Waals surface area contributed by atoms with E-state index in [0.717, 1.165) is 0 Å². The van der Waals surface area contributed by atoms with Crippen molar-refractivity contribution in [3.05, 3.63) is 24.3 Å². The highest BCUT2D eigenvalue weighted by Gasteiger charge is 2.16. The summed E-state index contributed by atoms with van der Waals surface area (Å²) in [4.78, 5) is 11.7. The summed E-state index contributed by atoms with van der Waals surface area (Å²) in [5.74, 6) is 0.627. The average molecular weight is 342 g/mol. The van der Waals surface area contributed by atoms with Crippen molar-refractivity contribution in [1.82, 2.24) is 10.0 Å². The number of rotatable bonds is 9. The molecule has 0 aliphatic carbocycles. The maximum atomic E-state index is 12.1. The van der Waals surface area contributed by atoms with Crippen molar-refractivity contribution in [2.24, 2.45) is 5.92 Å². The van der Waals surface area contributed by atoms with Gasteiger partial charge < -0.3 is 10.1 Å². The lowest BCUT2D eigenvalue weighted by Crippen LogP contribution is -2.32. The lowest BCUT2D eigenvalue weighted by molar-refractivity contribution is -0.123. The van der Waals surface area contributed by atoms with E-state index in [1.165, 1.54) is 12.1 Å². The van der Waals surface area contributed by atoms with Gasteiger partial charge in [0.05, 0.1) is 4.90 Å². The Morgan fingerprint density at radius 2 is 1.78 bits per heavy atom. The van der Waals surface area contributed by atoms with Crippen LogP contribution in [-0.4, -0.2) is 33.5 Å². The summed E-state index contributed by atoms with van der Waals surface area (Å²) in [7, 11) is -3.52. The van der Waals surface area contributed by atoms with Gasteiger partial charge in [-0.05, 0) is 43.5 Å². The highest BCUT2D eigenvalue weighted by Crippen LogP contribution is 2.16. The fraction of sp³-hybridized carbons (Fsp3) is 0.562. The highest BCUT2D eigenvalue weighted by atomic mass is 32.2. The summed E-state index contributed by atoms with van der Waals surface area (Å²) in [5.41, 5.74) is 0.